The molecule has 16 heteroatoms. The number of rotatable bonds is 9. The normalized spacial score (nSPS) is 19.4. The molecule has 2 aliphatic rings. The zero-order valence-corrected chi connectivity index (χ0v) is 20.7. The number of oxime groups is 1. The molecule has 1 fully saturated rings. The summed E-state index contributed by atoms with van der Waals surface area (Å²) >= 11 is 2.13. The minimum Gasteiger partial charge on any atom is -0.543 e. The lowest BCUT2D eigenvalue weighted by Gasteiger charge is -2.50. The van der Waals surface area contributed by atoms with Gasteiger partial charge in [0.15, 0.2) is 24.1 Å². The van der Waals surface area contributed by atoms with Gasteiger partial charge in [-0.15, -0.1) is 11.8 Å². The number of hydrogen-bond donors (Lipinski definition) is 3. The molecular weight excluding hydrogens is 526 g/mol. The number of nitrogens with zero attached hydrogens (tertiary/aromatic N) is 5. The number of nitrogens with two attached hydrogens (primary N) is 1. The molecule has 2 atom stereocenters. The molecule has 2 amide bonds. The number of carboxylic acid groups (broad SMARTS) is 2. The second-order valence-corrected chi connectivity index (χ2v) is 9.48. The molecule has 0 aliphatic carbocycles. The van der Waals surface area contributed by atoms with Crippen molar-refractivity contribution in [2.75, 3.05) is 18.6 Å². The Morgan fingerprint density at radius 1 is 1.41 bits per heavy atom. The molecule has 192 valence electrons. The Balaban J connectivity index is 1.47. The number of hydrogen-bond acceptors (Lipinski definition) is 12. The third-order valence-corrected chi connectivity index (χ3v) is 7.15. The van der Waals surface area contributed by atoms with Crippen LogP contribution in [0.2, 0.25) is 0 Å². The monoisotopic (exact) mass is 545 g/mol. The average molecular weight is 546 g/mol. The Labute approximate surface area is 217 Å². The lowest BCUT2D eigenvalue weighted by Crippen LogP contribution is -2.71. The molecule has 0 radical (unpaired) electrons. The average Bonchev–Trinajstić information content (AvgIpc) is 3.31. The highest BCUT2D eigenvalue weighted by Crippen LogP contribution is 2.40. The molecule has 14 nitrogen and oxygen atoms in total. The maximum Gasteiger partial charge on any atom is 0.336 e. The van der Waals surface area contributed by atoms with Crippen LogP contribution in [0, 0.1) is 0 Å². The van der Waals surface area contributed by atoms with Gasteiger partial charge < -0.3 is 30.9 Å². The van der Waals surface area contributed by atoms with Crippen molar-refractivity contribution >= 4 is 57.9 Å². The van der Waals surface area contributed by atoms with Crippen LogP contribution in [0.4, 0.5) is 5.13 Å². The first-order chi connectivity index (χ1) is 17.7. The van der Waals surface area contributed by atoms with E-state index in [1.807, 2.05) is 0 Å². The Kier molecular flexibility index (Phi) is 7.49. The molecule has 2 aliphatic heterocycles. The number of pyridine rings is 1. The maximum absolute atomic E-state index is 12.9. The lowest BCUT2D eigenvalue weighted by molar-refractivity contribution is -0.687. The zero-order valence-electron chi connectivity index (χ0n) is 19.1. The van der Waals surface area contributed by atoms with E-state index in [9.17, 15) is 24.3 Å². The first-order valence-corrected chi connectivity index (χ1v) is 12.3. The van der Waals surface area contributed by atoms with Gasteiger partial charge in [-0.2, -0.15) is 9.36 Å². The highest BCUT2D eigenvalue weighted by atomic mass is 32.2. The van der Waals surface area contributed by atoms with Crippen LogP contribution in [-0.4, -0.2) is 73.1 Å². The number of anilines is 1. The molecule has 0 spiro atoms. The van der Waals surface area contributed by atoms with E-state index >= 15 is 0 Å². The Morgan fingerprint density at radius 2 is 2.14 bits per heavy atom. The van der Waals surface area contributed by atoms with Gasteiger partial charge in [-0.3, -0.25) is 14.5 Å². The van der Waals surface area contributed by atoms with Crippen molar-refractivity contribution in [3.8, 4) is 0 Å². The summed E-state index contributed by atoms with van der Waals surface area (Å²) in [4.78, 5) is 58.2. The van der Waals surface area contributed by atoms with Crippen molar-refractivity contribution in [3.05, 3.63) is 59.3 Å². The van der Waals surface area contributed by atoms with Gasteiger partial charge >= 0.3 is 5.97 Å². The second kappa shape index (κ2) is 10.8. The largest absolute Gasteiger partial charge is 0.543 e. The minimum absolute atomic E-state index is 0.0695. The minimum atomic E-state index is -1.52. The molecule has 4 rings (SSSR count). The third-order valence-electron chi connectivity index (χ3n) is 5.30. The number of carbonyl (C=O) groups is 4. The van der Waals surface area contributed by atoms with E-state index < -0.39 is 35.2 Å². The number of allylic oxidation sites excluding steroid dienone is 2. The van der Waals surface area contributed by atoms with Crippen molar-refractivity contribution in [1.29, 1.82) is 0 Å². The quantitative estimate of drug-likeness (QED) is 0.138. The van der Waals surface area contributed by atoms with Gasteiger partial charge in [-0.05, 0) is 11.6 Å². The van der Waals surface area contributed by atoms with Crippen molar-refractivity contribution in [2.24, 2.45) is 5.16 Å². The van der Waals surface area contributed by atoms with Crippen LogP contribution in [0.3, 0.4) is 0 Å². The van der Waals surface area contributed by atoms with Crippen LogP contribution in [0.1, 0.15) is 16.2 Å². The first-order valence-electron chi connectivity index (χ1n) is 10.5. The Morgan fingerprint density at radius 3 is 2.73 bits per heavy atom. The maximum atomic E-state index is 12.9. The number of nitrogen functional groups attached to an aromatic ring is 1. The van der Waals surface area contributed by atoms with Crippen LogP contribution in [0.15, 0.2) is 53.1 Å². The molecule has 2 aromatic rings. The SMILES string of the molecule is CON=C(C(=O)NC1C(=O)N2C(C(=O)[O-])=C(C=CC[n+]3ccc(C(=O)O)cc3)CS[C@H]12)c1nsc(N)n1. The highest BCUT2D eigenvalue weighted by Gasteiger charge is 2.53. The smallest absolute Gasteiger partial charge is 0.336 e. The number of aromatic carboxylic acids is 1. The summed E-state index contributed by atoms with van der Waals surface area (Å²) in [5.41, 5.74) is 5.51. The molecule has 0 saturated carbocycles. The fraction of sp³-hybridized carbons (Fsp3) is 0.238. The summed E-state index contributed by atoms with van der Waals surface area (Å²) in [5, 5.41) is 26.5. The van der Waals surface area contributed by atoms with Gasteiger partial charge in [0.05, 0.1) is 17.2 Å². The van der Waals surface area contributed by atoms with Gasteiger partial charge in [0, 0.05) is 29.4 Å². The summed E-state index contributed by atoms with van der Waals surface area (Å²) in [6.45, 7) is 0.335. The van der Waals surface area contributed by atoms with E-state index in [2.05, 4.69) is 24.7 Å². The molecule has 2 aromatic heterocycles. The molecule has 4 N–H and O–H groups in total. The first kappa shape index (κ1) is 25.8. The Hall–Kier alpha value is -4.31. The number of aromatic nitrogens is 3. The van der Waals surface area contributed by atoms with Crippen LogP contribution in [0.5, 0.6) is 0 Å². The Bertz CT molecular complexity index is 1350. The van der Waals surface area contributed by atoms with Crippen LogP contribution in [0.25, 0.3) is 0 Å². The van der Waals surface area contributed by atoms with E-state index in [4.69, 9.17) is 10.8 Å². The van der Waals surface area contributed by atoms with E-state index in [0.717, 1.165) is 16.4 Å². The summed E-state index contributed by atoms with van der Waals surface area (Å²) in [6.07, 6.45) is 6.42. The van der Waals surface area contributed by atoms with Gasteiger partial charge in [0.25, 0.3) is 11.8 Å². The van der Waals surface area contributed by atoms with Crippen molar-refractivity contribution < 1.29 is 38.8 Å². The molecule has 37 heavy (non-hydrogen) atoms. The van der Waals surface area contributed by atoms with Crippen molar-refractivity contribution in [2.45, 2.75) is 18.0 Å². The van der Waals surface area contributed by atoms with Crippen molar-refractivity contribution in [1.82, 2.24) is 19.6 Å². The predicted octanol–water partition coefficient (Wildman–Crippen LogP) is -1.88. The number of nitrogens with one attached hydrogen (secondary N) is 1. The van der Waals surface area contributed by atoms with Crippen LogP contribution < -0.4 is 20.7 Å². The number of thioether (sulfide) groups is 1. The number of aliphatic carboxylic acids is 1. The summed E-state index contributed by atoms with van der Waals surface area (Å²) in [5.74, 6) is -3.80. The number of carbonyl (C=O) groups excluding carboxylic acids is 3. The van der Waals surface area contributed by atoms with Crippen LogP contribution >= 0.6 is 23.3 Å². The van der Waals surface area contributed by atoms with Gasteiger partial charge in [0.1, 0.15) is 18.5 Å². The van der Waals surface area contributed by atoms with E-state index in [1.54, 1.807) is 29.1 Å². The molecule has 1 unspecified atom stereocenters. The number of fused-ring (bicyclic) bond motifs is 1. The van der Waals surface area contributed by atoms with Crippen molar-refractivity contribution in [3.63, 3.8) is 0 Å². The molecular formula is C21H19N7O7S2. The van der Waals surface area contributed by atoms with E-state index in [-0.39, 0.29) is 33.7 Å². The number of amides is 2. The topological polar surface area (TPSA) is 204 Å². The van der Waals surface area contributed by atoms with Crippen LogP contribution in [-0.2, 0) is 25.8 Å². The fourth-order valence-electron chi connectivity index (χ4n) is 3.61. The van der Waals surface area contributed by atoms with Gasteiger partial charge in [0.2, 0.25) is 11.5 Å². The number of carboxylic acids is 2. The summed E-state index contributed by atoms with van der Waals surface area (Å²) in [6, 6.07) is 1.87. The summed E-state index contributed by atoms with van der Waals surface area (Å²) < 4.78 is 5.62. The highest BCUT2D eigenvalue weighted by molar-refractivity contribution is 8.00. The fourth-order valence-corrected chi connectivity index (χ4v) is 5.37. The van der Waals surface area contributed by atoms with Gasteiger partial charge in [-0.1, -0.05) is 11.2 Å². The molecule has 0 bridgehead atoms. The second-order valence-electron chi connectivity index (χ2n) is 7.59. The third kappa shape index (κ3) is 5.29. The van der Waals surface area contributed by atoms with E-state index in [1.165, 1.54) is 31.0 Å². The summed E-state index contributed by atoms with van der Waals surface area (Å²) in [7, 11) is 1.23. The molecule has 4 heterocycles. The predicted molar refractivity (Wildman–Crippen MR) is 128 cm³/mol. The zero-order chi connectivity index (χ0) is 26.7. The molecule has 1 saturated heterocycles. The lowest BCUT2D eigenvalue weighted by atomic mass is 10.0. The van der Waals surface area contributed by atoms with E-state index in [0.29, 0.717) is 12.1 Å². The van der Waals surface area contributed by atoms with Gasteiger partial charge in [-0.25, -0.2) is 9.36 Å². The standard InChI is InChI=1S/C21H19N7O7S2/c1-35-25-12(15-24-21(22)37-26-15)16(29)23-13-17(30)28-14(20(33)34)11(9-36-18(13)28)3-2-6-27-7-4-10(5-8-27)19(31)32/h2-5,7-8,13,18H,6,9H2,1H3,(H4-,22,23,24,26,29,31,32,33,34)/t13?,18-/m1/s1. The molecule has 0 aromatic carbocycles. The number of β-lactam (4-membered cyclic amide) rings is 1.